The molecule has 0 bridgehead atoms. The summed E-state index contributed by atoms with van der Waals surface area (Å²) >= 11 is 0. The number of hydrogen-bond acceptors (Lipinski definition) is 6. The second-order valence-electron chi connectivity index (χ2n) is 4.75. The van der Waals surface area contributed by atoms with Crippen LogP contribution in [0, 0.1) is 10.1 Å². The lowest BCUT2D eigenvalue weighted by Gasteiger charge is -2.33. The van der Waals surface area contributed by atoms with E-state index in [9.17, 15) is 14.9 Å². The Kier molecular flexibility index (Phi) is 5.92. The molecule has 0 saturated carbocycles. The van der Waals surface area contributed by atoms with Crippen molar-refractivity contribution >= 4 is 29.8 Å². The van der Waals surface area contributed by atoms with Crippen LogP contribution in [0.4, 0.5) is 11.4 Å². The molecule has 0 radical (unpaired) electrons. The van der Waals surface area contributed by atoms with Gasteiger partial charge in [-0.05, 0) is 19.1 Å². The number of piperazine rings is 1. The predicted octanol–water partition coefficient (Wildman–Crippen LogP) is 1.60. The third-order valence-electron chi connectivity index (χ3n) is 3.32. The Bertz CT molecular complexity index is 538. The third kappa shape index (κ3) is 3.83. The van der Waals surface area contributed by atoms with Gasteiger partial charge in [0.1, 0.15) is 5.56 Å². The maximum atomic E-state index is 11.7. The topological polar surface area (TPSA) is 84.7 Å². The van der Waals surface area contributed by atoms with Crippen LogP contribution in [0.1, 0.15) is 17.3 Å². The predicted molar refractivity (Wildman–Crippen MR) is 81.4 cm³/mol. The molecule has 1 aliphatic heterocycles. The minimum absolute atomic E-state index is 0. The molecule has 1 aliphatic rings. The largest absolute Gasteiger partial charge is 0.465 e. The number of hydrogen-bond donors (Lipinski definition) is 1. The van der Waals surface area contributed by atoms with Gasteiger partial charge >= 0.3 is 5.97 Å². The third-order valence-corrected chi connectivity index (χ3v) is 3.32. The normalized spacial score (nSPS) is 17.8. The number of carbonyl (C=O) groups excluding carboxylic acids is 1. The fourth-order valence-corrected chi connectivity index (χ4v) is 2.32. The first-order chi connectivity index (χ1) is 9.52. The number of methoxy groups -OCH3 is 1. The van der Waals surface area contributed by atoms with Gasteiger partial charge in [-0.3, -0.25) is 10.1 Å². The van der Waals surface area contributed by atoms with Gasteiger partial charge in [-0.1, -0.05) is 0 Å². The van der Waals surface area contributed by atoms with Crippen molar-refractivity contribution in [2.75, 3.05) is 31.6 Å². The molecule has 0 aromatic heterocycles. The number of halogens is 1. The Morgan fingerprint density at radius 3 is 2.81 bits per heavy atom. The van der Waals surface area contributed by atoms with E-state index < -0.39 is 10.9 Å². The quantitative estimate of drug-likeness (QED) is 0.518. The summed E-state index contributed by atoms with van der Waals surface area (Å²) in [7, 11) is 1.21. The van der Waals surface area contributed by atoms with E-state index in [1.54, 1.807) is 6.07 Å². The summed E-state index contributed by atoms with van der Waals surface area (Å²) in [5, 5.41) is 14.3. The minimum atomic E-state index is -0.693. The van der Waals surface area contributed by atoms with Gasteiger partial charge in [-0.25, -0.2) is 4.79 Å². The smallest absolute Gasteiger partial charge is 0.344 e. The summed E-state index contributed by atoms with van der Waals surface area (Å²) in [6.45, 7) is 4.49. The number of anilines is 1. The van der Waals surface area contributed by atoms with Crippen molar-refractivity contribution in [3.63, 3.8) is 0 Å². The molecule has 7 nitrogen and oxygen atoms in total. The van der Waals surface area contributed by atoms with Crippen LogP contribution in [-0.4, -0.2) is 43.7 Å². The number of benzene rings is 1. The number of nitro benzene ring substituents is 1. The molecule has 8 heteroatoms. The monoisotopic (exact) mass is 315 g/mol. The fourth-order valence-electron chi connectivity index (χ4n) is 2.32. The lowest BCUT2D eigenvalue weighted by molar-refractivity contribution is -0.385. The first-order valence-electron chi connectivity index (χ1n) is 6.38. The summed E-state index contributed by atoms with van der Waals surface area (Å²) in [6.07, 6.45) is 0. The molecule has 0 unspecified atom stereocenters. The zero-order valence-electron chi connectivity index (χ0n) is 11.9. The van der Waals surface area contributed by atoms with Crippen molar-refractivity contribution in [2.45, 2.75) is 13.0 Å². The lowest BCUT2D eigenvalue weighted by atomic mass is 10.1. The van der Waals surface area contributed by atoms with Crippen LogP contribution < -0.4 is 10.2 Å². The molecule has 1 aromatic carbocycles. The maximum Gasteiger partial charge on any atom is 0.344 e. The Morgan fingerprint density at radius 1 is 1.52 bits per heavy atom. The van der Waals surface area contributed by atoms with E-state index in [1.807, 2.05) is 0 Å². The van der Waals surface area contributed by atoms with Crippen molar-refractivity contribution in [3.05, 3.63) is 33.9 Å². The zero-order chi connectivity index (χ0) is 14.7. The molecule has 0 aliphatic carbocycles. The molecule has 0 amide bonds. The molecular weight excluding hydrogens is 298 g/mol. The molecule has 21 heavy (non-hydrogen) atoms. The number of carbonyl (C=O) groups is 1. The summed E-state index contributed by atoms with van der Waals surface area (Å²) in [6, 6.07) is 4.89. The number of nitrogens with one attached hydrogen (secondary N) is 1. The van der Waals surface area contributed by atoms with Gasteiger partial charge in [0.15, 0.2) is 0 Å². The Morgan fingerprint density at radius 2 is 2.24 bits per heavy atom. The van der Waals surface area contributed by atoms with Crippen LogP contribution in [0.5, 0.6) is 0 Å². The van der Waals surface area contributed by atoms with Crippen molar-refractivity contribution in [2.24, 2.45) is 0 Å². The zero-order valence-corrected chi connectivity index (χ0v) is 12.7. The van der Waals surface area contributed by atoms with E-state index in [-0.39, 0.29) is 23.7 Å². The van der Waals surface area contributed by atoms with Gasteiger partial charge in [0.2, 0.25) is 0 Å². The highest BCUT2D eigenvalue weighted by Gasteiger charge is 2.24. The van der Waals surface area contributed by atoms with E-state index >= 15 is 0 Å². The number of rotatable bonds is 3. The highest BCUT2D eigenvalue weighted by atomic mass is 35.5. The van der Waals surface area contributed by atoms with Gasteiger partial charge in [-0.15, -0.1) is 12.4 Å². The second-order valence-corrected chi connectivity index (χ2v) is 4.75. The number of esters is 1. The van der Waals surface area contributed by atoms with Crippen molar-refractivity contribution in [1.82, 2.24) is 5.32 Å². The Labute approximate surface area is 128 Å². The van der Waals surface area contributed by atoms with Crippen LogP contribution in [0.25, 0.3) is 0 Å². The maximum absolute atomic E-state index is 11.7. The van der Waals surface area contributed by atoms with E-state index in [4.69, 9.17) is 0 Å². The molecule has 1 saturated heterocycles. The molecular formula is C13H18ClN3O4. The van der Waals surface area contributed by atoms with E-state index in [1.165, 1.54) is 19.2 Å². The summed E-state index contributed by atoms with van der Waals surface area (Å²) in [5.74, 6) is -0.693. The number of nitro groups is 1. The van der Waals surface area contributed by atoms with Gasteiger partial charge in [0.25, 0.3) is 5.69 Å². The van der Waals surface area contributed by atoms with E-state index in [2.05, 4.69) is 21.9 Å². The average Bonchev–Trinajstić information content (AvgIpc) is 2.45. The molecule has 1 N–H and O–H groups in total. The highest BCUT2D eigenvalue weighted by molar-refractivity contribution is 5.95. The minimum Gasteiger partial charge on any atom is -0.465 e. The first-order valence-corrected chi connectivity index (χ1v) is 6.38. The second kappa shape index (κ2) is 7.24. The van der Waals surface area contributed by atoms with Gasteiger partial charge in [0.05, 0.1) is 12.0 Å². The summed E-state index contributed by atoms with van der Waals surface area (Å²) < 4.78 is 4.62. The van der Waals surface area contributed by atoms with Crippen LogP contribution in [0.3, 0.4) is 0 Å². The first kappa shape index (κ1) is 17.2. The van der Waals surface area contributed by atoms with Crippen LogP contribution in [-0.2, 0) is 4.74 Å². The van der Waals surface area contributed by atoms with E-state index in [0.29, 0.717) is 6.04 Å². The summed E-state index contributed by atoms with van der Waals surface area (Å²) in [4.78, 5) is 24.2. The van der Waals surface area contributed by atoms with Crippen LogP contribution >= 0.6 is 12.4 Å². The van der Waals surface area contributed by atoms with Crippen LogP contribution in [0.2, 0.25) is 0 Å². The van der Waals surface area contributed by atoms with Gasteiger partial charge in [-0.2, -0.15) is 0 Å². The molecule has 2 rings (SSSR count). The van der Waals surface area contributed by atoms with Crippen molar-refractivity contribution in [1.29, 1.82) is 0 Å². The van der Waals surface area contributed by atoms with Crippen LogP contribution in [0.15, 0.2) is 18.2 Å². The lowest BCUT2D eigenvalue weighted by Crippen LogP contribution is -2.49. The summed E-state index contributed by atoms with van der Waals surface area (Å²) in [5.41, 5.74) is 0.550. The molecule has 116 valence electrons. The highest BCUT2D eigenvalue weighted by Crippen LogP contribution is 2.26. The van der Waals surface area contributed by atoms with Crippen molar-refractivity contribution in [3.8, 4) is 0 Å². The van der Waals surface area contributed by atoms with Gasteiger partial charge in [0, 0.05) is 37.4 Å². The van der Waals surface area contributed by atoms with Crippen molar-refractivity contribution < 1.29 is 14.5 Å². The SMILES string of the molecule is COC(=O)c1cc(N2CCN[C@H](C)C2)ccc1[N+](=O)[O-].Cl. The number of nitrogens with zero attached hydrogens (tertiary/aromatic N) is 2. The standard InChI is InChI=1S/C13H17N3O4.ClH/c1-9-8-15(6-5-14-9)10-3-4-12(16(18)19)11(7-10)13(17)20-2;/h3-4,7,9,14H,5-6,8H2,1-2H3;1H/t9-;/m1./s1. The fraction of sp³-hybridized carbons (Fsp3) is 0.462. The molecule has 0 spiro atoms. The molecule has 1 atom stereocenters. The number of ether oxygens (including phenoxy) is 1. The van der Waals surface area contributed by atoms with Gasteiger partial charge < -0.3 is 15.0 Å². The Hall–Kier alpha value is -1.86. The average molecular weight is 316 g/mol. The van der Waals surface area contributed by atoms with E-state index in [0.717, 1.165) is 25.3 Å². The molecule has 1 aromatic rings. The Balaban J connectivity index is 0.00000220. The molecule has 1 fully saturated rings. The molecule has 1 heterocycles.